The molecule has 3 heteroatoms. The quantitative estimate of drug-likeness (QED) is 0.231. The third-order valence-electron chi connectivity index (χ3n) is 6.83. The van der Waals surface area contributed by atoms with E-state index in [1.165, 1.54) is 36.8 Å². The zero-order valence-electron chi connectivity index (χ0n) is 20.9. The lowest BCUT2D eigenvalue weighted by Gasteiger charge is -2.38. The zero-order chi connectivity index (χ0) is 22.7. The average Bonchev–Trinajstić information content (AvgIpc) is 2.73. The molecule has 0 spiro atoms. The van der Waals surface area contributed by atoms with Crippen LogP contribution in [0.5, 0.6) is 0 Å². The molecule has 0 bridgehead atoms. The minimum atomic E-state index is -1.71. The molecule has 31 heavy (non-hydrogen) atoms. The molecule has 0 saturated carbocycles. The fourth-order valence-electron chi connectivity index (χ4n) is 3.76. The van der Waals surface area contributed by atoms with Gasteiger partial charge in [-0.15, -0.1) is 0 Å². The van der Waals surface area contributed by atoms with Crippen molar-refractivity contribution < 1.29 is 4.43 Å². The summed E-state index contributed by atoms with van der Waals surface area (Å²) in [5.74, 6) is 0. The minimum Gasteiger partial charge on any atom is -0.417 e. The summed E-state index contributed by atoms with van der Waals surface area (Å²) in [6.45, 7) is 16.9. The summed E-state index contributed by atoms with van der Waals surface area (Å²) in [5, 5.41) is 0.262. The lowest BCUT2D eigenvalue weighted by atomic mass is 10.0. The van der Waals surface area contributed by atoms with Gasteiger partial charge in [-0.05, 0) is 42.1 Å². The SMILES string of the molecule is CCCCC[C@H](CCO[Si](C)(C)C(C)(C)C)N(Cc1ccccc1)Cc1ccccc1. The summed E-state index contributed by atoms with van der Waals surface area (Å²) in [6.07, 6.45) is 6.22. The first-order chi connectivity index (χ1) is 14.7. The molecule has 172 valence electrons. The molecule has 0 aliphatic heterocycles. The van der Waals surface area contributed by atoms with Gasteiger partial charge in [0.25, 0.3) is 0 Å². The van der Waals surface area contributed by atoms with Crippen molar-refractivity contribution in [2.24, 2.45) is 0 Å². The fourth-order valence-corrected chi connectivity index (χ4v) is 4.82. The molecular formula is C28H45NOSi. The zero-order valence-corrected chi connectivity index (χ0v) is 21.9. The lowest BCUT2D eigenvalue weighted by molar-refractivity contribution is 0.134. The van der Waals surface area contributed by atoms with Crippen molar-refractivity contribution >= 4 is 8.32 Å². The van der Waals surface area contributed by atoms with Crippen molar-refractivity contribution in [2.45, 2.75) is 97.1 Å². The molecule has 0 aromatic heterocycles. The Balaban J connectivity index is 2.15. The summed E-state index contributed by atoms with van der Waals surface area (Å²) in [7, 11) is -1.71. The van der Waals surface area contributed by atoms with Gasteiger partial charge in [-0.1, -0.05) is 108 Å². The Kier molecular flexibility index (Phi) is 10.5. The van der Waals surface area contributed by atoms with E-state index in [0.29, 0.717) is 6.04 Å². The fraction of sp³-hybridized carbons (Fsp3) is 0.571. The highest BCUT2D eigenvalue weighted by Crippen LogP contribution is 2.36. The predicted octanol–water partition coefficient (Wildman–Crippen LogP) is 8.05. The van der Waals surface area contributed by atoms with Gasteiger partial charge in [0.05, 0.1) is 0 Å². The van der Waals surface area contributed by atoms with Crippen LogP contribution in [0.3, 0.4) is 0 Å². The second-order valence-electron chi connectivity index (χ2n) is 10.4. The van der Waals surface area contributed by atoms with Gasteiger partial charge >= 0.3 is 0 Å². The molecule has 0 radical (unpaired) electrons. The van der Waals surface area contributed by atoms with Crippen LogP contribution in [0, 0.1) is 0 Å². The highest BCUT2D eigenvalue weighted by Gasteiger charge is 2.37. The van der Waals surface area contributed by atoms with Crippen LogP contribution >= 0.6 is 0 Å². The van der Waals surface area contributed by atoms with E-state index in [-0.39, 0.29) is 5.04 Å². The standard InChI is InChI=1S/C28H45NOSi/c1-7-8-11-20-27(21-22-30-31(5,6)28(2,3)4)29(23-25-16-12-9-13-17-25)24-26-18-14-10-15-19-26/h9-10,12-19,27H,7-8,11,20-24H2,1-6H3/t27-/m1/s1. The lowest BCUT2D eigenvalue weighted by Crippen LogP contribution is -2.42. The summed E-state index contributed by atoms with van der Waals surface area (Å²) >= 11 is 0. The third kappa shape index (κ3) is 8.92. The van der Waals surface area contributed by atoms with Gasteiger partial charge in [0.15, 0.2) is 8.32 Å². The van der Waals surface area contributed by atoms with Crippen molar-refractivity contribution in [3.63, 3.8) is 0 Å². The molecule has 0 aliphatic rings. The Morgan fingerprint density at radius 3 is 1.77 bits per heavy atom. The van der Waals surface area contributed by atoms with Gasteiger partial charge in [0.1, 0.15) is 0 Å². The smallest absolute Gasteiger partial charge is 0.191 e. The Hall–Kier alpha value is -1.42. The van der Waals surface area contributed by atoms with Gasteiger partial charge in [-0.2, -0.15) is 0 Å². The molecule has 0 N–H and O–H groups in total. The van der Waals surface area contributed by atoms with E-state index in [1.54, 1.807) is 0 Å². The predicted molar refractivity (Wildman–Crippen MR) is 138 cm³/mol. The molecule has 0 saturated heterocycles. The highest BCUT2D eigenvalue weighted by atomic mass is 28.4. The average molecular weight is 440 g/mol. The van der Waals surface area contributed by atoms with Gasteiger partial charge < -0.3 is 4.43 Å². The molecule has 0 heterocycles. The summed E-state index contributed by atoms with van der Waals surface area (Å²) in [6, 6.07) is 22.4. The molecule has 2 rings (SSSR count). The van der Waals surface area contributed by atoms with Crippen LogP contribution in [0.25, 0.3) is 0 Å². The molecule has 0 amide bonds. The number of nitrogens with zero attached hydrogens (tertiary/aromatic N) is 1. The minimum absolute atomic E-state index is 0.262. The van der Waals surface area contributed by atoms with Crippen LogP contribution < -0.4 is 0 Å². The maximum atomic E-state index is 6.59. The van der Waals surface area contributed by atoms with Crippen molar-refractivity contribution in [3.05, 3.63) is 71.8 Å². The van der Waals surface area contributed by atoms with Crippen molar-refractivity contribution in [2.75, 3.05) is 6.61 Å². The first-order valence-corrected chi connectivity index (χ1v) is 15.1. The largest absolute Gasteiger partial charge is 0.417 e. The van der Waals surface area contributed by atoms with E-state index in [9.17, 15) is 0 Å². The van der Waals surface area contributed by atoms with E-state index in [0.717, 1.165) is 26.1 Å². The highest BCUT2D eigenvalue weighted by molar-refractivity contribution is 6.74. The molecule has 2 aromatic rings. The molecule has 1 atom stereocenters. The van der Waals surface area contributed by atoms with Gasteiger partial charge in [-0.25, -0.2) is 0 Å². The van der Waals surface area contributed by atoms with Gasteiger partial charge in [0.2, 0.25) is 0 Å². The summed E-state index contributed by atoms with van der Waals surface area (Å²) in [5.41, 5.74) is 2.79. The van der Waals surface area contributed by atoms with E-state index < -0.39 is 8.32 Å². The molecule has 2 nitrogen and oxygen atoms in total. The maximum Gasteiger partial charge on any atom is 0.191 e. The molecule has 0 aliphatic carbocycles. The van der Waals surface area contributed by atoms with Crippen molar-refractivity contribution in [1.82, 2.24) is 4.90 Å². The Morgan fingerprint density at radius 2 is 1.32 bits per heavy atom. The summed E-state index contributed by atoms with van der Waals surface area (Å²) in [4.78, 5) is 2.69. The van der Waals surface area contributed by atoms with Crippen LogP contribution in [0.2, 0.25) is 18.1 Å². The Bertz CT molecular complexity index is 682. The van der Waals surface area contributed by atoms with Crippen LogP contribution in [0.1, 0.15) is 70.9 Å². The Labute approximate surface area is 193 Å². The van der Waals surface area contributed by atoms with Crippen LogP contribution in [-0.4, -0.2) is 25.9 Å². The Morgan fingerprint density at radius 1 is 0.806 bits per heavy atom. The van der Waals surface area contributed by atoms with E-state index in [4.69, 9.17) is 4.43 Å². The van der Waals surface area contributed by atoms with Crippen LogP contribution in [-0.2, 0) is 17.5 Å². The topological polar surface area (TPSA) is 12.5 Å². The summed E-state index contributed by atoms with van der Waals surface area (Å²) < 4.78 is 6.59. The van der Waals surface area contributed by atoms with Gasteiger partial charge in [-0.3, -0.25) is 4.90 Å². The van der Waals surface area contributed by atoms with Gasteiger partial charge in [0, 0.05) is 25.7 Å². The van der Waals surface area contributed by atoms with E-state index >= 15 is 0 Å². The molecule has 0 unspecified atom stereocenters. The number of benzene rings is 2. The van der Waals surface area contributed by atoms with Crippen molar-refractivity contribution in [3.8, 4) is 0 Å². The molecule has 0 fully saturated rings. The maximum absolute atomic E-state index is 6.59. The monoisotopic (exact) mass is 439 g/mol. The third-order valence-corrected chi connectivity index (χ3v) is 11.4. The van der Waals surface area contributed by atoms with E-state index in [1.807, 2.05) is 0 Å². The second kappa shape index (κ2) is 12.6. The number of hydrogen-bond donors (Lipinski definition) is 0. The van der Waals surface area contributed by atoms with Crippen LogP contribution in [0.15, 0.2) is 60.7 Å². The first kappa shape index (κ1) is 25.8. The second-order valence-corrected chi connectivity index (χ2v) is 15.2. The number of rotatable bonds is 13. The van der Waals surface area contributed by atoms with Crippen LogP contribution in [0.4, 0.5) is 0 Å². The van der Waals surface area contributed by atoms with Crippen molar-refractivity contribution in [1.29, 1.82) is 0 Å². The molecular weight excluding hydrogens is 394 g/mol. The normalized spacial score (nSPS) is 13.5. The van der Waals surface area contributed by atoms with E-state index in [2.05, 4.69) is 106 Å². The molecule has 2 aromatic carbocycles. The number of hydrogen-bond acceptors (Lipinski definition) is 2. The number of unbranched alkanes of at least 4 members (excludes halogenated alkanes) is 2. The first-order valence-electron chi connectivity index (χ1n) is 12.2.